The van der Waals surface area contributed by atoms with Gasteiger partial charge in [-0.15, -0.1) is 0 Å². The molecule has 1 aromatic rings. The Labute approximate surface area is 113 Å². The van der Waals surface area contributed by atoms with E-state index in [2.05, 4.69) is 13.8 Å². The van der Waals surface area contributed by atoms with Crippen LogP contribution in [0.25, 0.3) is 0 Å². The summed E-state index contributed by atoms with van der Waals surface area (Å²) in [5.74, 6) is -1.49. The Morgan fingerprint density at radius 2 is 1.63 bits per heavy atom. The monoisotopic (exact) mass is 267 g/mol. The predicted octanol–water partition coefficient (Wildman–Crippen LogP) is 3.02. The van der Waals surface area contributed by atoms with Crippen LogP contribution in [0.1, 0.15) is 60.6 Å². The van der Waals surface area contributed by atoms with Crippen molar-refractivity contribution in [1.82, 2.24) is 4.90 Å². The molecule has 0 saturated heterocycles. The van der Waals surface area contributed by atoms with Gasteiger partial charge in [0.15, 0.2) is 5.76 Å². The van der Waals surface area contributed by atoms with E-state index in [0.29, 0.717) is 13.1 Å². The molecule has 0 aromatic carbocycles. The molecule has 0 radical (unpaired) electrons. The molecule has 1 aromatic heterocycles. The standard InChI is InChI=1S/C14H21NO4/c1-3-5-9-15(10-6-4-2)13(16)11-7-8-12(19-11)14(17)18/h7-8H,3-6,9-10H2,1-2H3,(H,17,18). The van der Waals surface area contributed by atoms with Crippen LogP contribution in [0.5, 0.6) is 0 Å². The summed E-state index contributed by atoms with van der Waals surface area (Å²) in [6, 6.07) is 2.74. The number of furan rings is 1. The van der Waals surface area contributed by atoms with E-state index in [-0.39, 0.29) is 17.4 Å². The van der Waals surface area contributed by atoms with Crippen LogP contribution in [-0.2, 0) is 0 Å². The minimum absolute atomic E-state index is 0.101. The van der Waals surface area contributed by atoms with Crippen molar-refractivity contribution in [2.24, 2.45) is 0 Å². The largest absolute Gasteiger partial charge is 0.475 e. The Kier molecular flexibility index (Phi) is 6.12. The number of rotatable bonds is 8. The lowest BCUT2D eigenvalue weighted by Crippen LogP contribution is -2.32. The second-order valence-electron chi connectivity index (χ2n) is 4.47. The number of nitrogens with zero attached hydrogens (tertiary/aromatic N) is 1. The Bertz CT molecular complexity index is 417. The third kappa shape index (κ3) is 4.43. The van der Waals surface area contributed by atoms with Gasteiger partial charge in [-0.05, 0) is 25.0 Å². The van der Waals surface area contributed by atoms with Crippen molar-refractivity contribution in [3.63, 3.8) is 0 Å². The van der Waals surface area contributed by atoms with Gasteiger partial charge in [0, 0.05) is 13.1 Å². The molecule has 0 saturated carbocycles. The lowest BCUT2D eigenvalue weighted by molar-refractivity contribution is 0.0649. The summed E-state index contributed by atoms with van der Waals surface area (Å²) in [6.07, 6.45) is 3.88. The summed E-state index contributed by atoms with van der Waals surface area (Å²) in [4.78, 5) is 24.7. The van der Waals surface area contributed by atoms with Crippen LogP contribution in [-0.4, -0.2) is 35.0 Å². The molecule has 1 N–H and O–H groups in total. The maximum Gasteiger partial charge on any atom is 0.371 e. The van der Waals surface area contributed by atoms with Gasteiger partial charge in [-0.1, -0.05) is 26.7 Å². The number of unbranched alkanes of at least 4 members (excludes halogenated alkanes) is 2. The molecule has 19 heavy (non-hydrogen) atoms. The average molecular weight is 267 g/mol. The van der Waals surface area contributed by atoms with E-state index < -0.39 is 5.97 Å². The molecule has 5 heteroatoms. The summed E-state index contributed by atoms with van der Waals surface area (Å²) in [5, 5.41) is 8.78. The summed E-state index contributed by atoms with van der Waals surface area (Å²) in [7, 11) is 0. The van der Waals surface area contributed by atoms with Crippen molar-refractivity contribution >= 4 is 11.9 Å². The molecule has 0 aliphatic carbocycles. The number of amides is 1. The molecule has 0 atom stereocenters. The number of carboxylic acid groups (broad SMARTS) is 1. The highest BCUT2D eigenvalue weighted by Crippen LogP contribution is 2.12. The SMILES string of the molecule is CCCCN(CCCC)C(=O)c1ccc(C(=O)O)o1. The molecule has 0 bridgehead atoms. The van der Waals surface area contributed by atoms with Gasteiger partial charge in [0.05, 0.1) is 0 Å². The summed E-state index contributed by atoms with van der Waals surface area (Å²) < 4.78 is 5.06. The molecular formula is C14H21NO4. The Balaban J connectivity index is 2.75. The van der Waals surface area contributed by atoms with E-state index in [0.717, 1.165) is 25.7 Å². The van der Waals surface area contributed by atoms with Crippen LogP contribution in [0.2, 0.25) is 0 Å². The number of hydrogen-bond donors (Lipinski definition) is 1. The van der Waals surface area contributed by atoms with Crippen molar-refractivity contribution in [3.8, 4) is 0 Å². The Morgan fingerprint density at radius 3 is 2.05 bits per heavy atom. The minimum atomic E-state index is -1.16. The first kappa shape index (κ1) is 15.3. The van der Waals surface area contributed by atoms with Crippen LogP contribution < -0.4 is 0 Å². The molecule has 0 spiro atoms. The van der Waals surface area contributed by atoms with Crippen molar-refractivity contribution in [2.45, 2.75) is 39.5 Å². The van der Waals surface area contributed by atoms with E-state index >= 15 is 0 Å². The highest BCUT2D eigenvalue weighted by molar-refractivity contribution is 5.93. The van der Waals surface area contributed by atoms with Crippen LogP contribution in [0.4, 0.5) is 0 Å². The number of carboxylic acids is 1. The van der Waals surface area contributed by atoms with E-state index in [4.69, 9.17) is 9.52 Å². The van der Waals surface area contributed by atoms with E-state index in [1.807, 2.05) is 0 Å². The smallest absolute Gasteiger partial charge is 0.371 e. The zero-order valence-electron chi connectivity index (χ0n) is 11.5. The zero-order valence-corrected chi connectivity index (χ0v) is 11.5. The first-order valence-electron chi connectivity index (χ1n) is 6.72. The van der Waals surface area contributed by atoms with Crippen molar-refractivity contribution in [2.75, 3.05) is 13.1 Å². The van der Waals surface area contributed by atoms with E-state index in [1.54, 1.807) is 4.90 Å². The molecular weight excluding hydrogens is 246 g/mol. The summed E-state index contributed by atoms with van der Waals surface area (Å²) in [6.45, 7) is 5.49. The maximum absolute atomic E-state index is 12.2. The number of carbonyl (C=O) groups excluding carboxylic acids is 1. The van der Waals surface area contributed by atoms with Gasteiger partial charge in [0.2, 0.25) is 5.76 Å². The summed E-state index contributed by atoms with van der Waals surface area (Å²) in [5.41, 5.74) is 0. The highest BCUT2D eigenvalue weighted by Gasteiger charge is 2.20. The van der Waals surface area contributed by atoms with Crippen LogP contribution in [0.3, 0.4) is 0 Å². The number of aromatic carboxylic acids is 1. The molecule has 0 aliphatic heterocycles. The van der Waals surface area contributed by atoms with E-state index in [1.165, 1.54) is 12.1 Å². The molecule has 0 aliphatic rings. The summed E-state index contributed by atoms with van der Waals surface area (Å²) >= 11 is 0. The van der Waals surface area contributed by atoms with Crippen molar-refractivity contribution in [1.29, 1.82) is 0 Å². The van der Waals surface area contributed by atoms with E-state index in [9.17, 15) is 9.59 Å². The highest BCUT2D eigenvalue weighted by atomic mass is 16.4. The first-order chi connectivity index (χ1) is 9.10. The zero-order chi connectivity index (χ0) is 14.3. The second-order valence-corrected chi connectivity index (χ2v) is 4.47. The molecule has 0 unspecified atom stereocenters. The fourth-order valence-electron chi connectivity index (χ4n) is 1.74. The first-order valence-corrected chi connectivity index (χ1v) is 6.72. The number of carbonyl (C=O) groups is 2. The normalized spacial score (nSPS) is 10.4. The number of hydrogen-bond acceptors (Lipinski definition) is 3. The lowest BCUT2D eigenvalue weighted by Gasteiger charge is -2.21. The molecule has 1 heterocycles. The van der Waals surface area contributed by atoms with Gasteiger partial charge in [0.25, 0.3) is 5.91 Å². The Hall–Kier alpha value is -1.78. The Morgan fingerprint density at radius 1 is 1.11 bits per heavy atom. The van der Waals surface area contributed by atoms with Crippen molar-refractivity contribution < 1.29 is 19.1 Å². The minimum Gasteiger partial charge on any atom is -0.475 e. The fourth-order valence-corrected chi connectivity index (χ4v) is 1.74. The van der Waals surface area contributed by atoms with Crippen LogP contribution in [0, 0.1) is 0 Å². The maximum atomic E-state index is 12.2. The topological polar surface area (TPSA) is 70.8 Å². The van der Waals surface area contributed by atoms with Gasteiger partial charge < -0.3 is 14.4 Å². The molecule has 106 valence electrons. The predicted molar refractivity (Wildman–Crippen MR) is 71.4 cm³/mol. The van der Waals surface area contributed by atoms with Gasteiger partial charge in [-0.3, -0.25) is 4.79 Å². The fraction of sp³-hybridized carbons (Fsp3) is 0.571. The van der Waals surface area contributed by atoms with Gasteiger partial charge >= 0.3 is 5.97 Å². The van der Waals surface area contributed by atoms with Gasteiger partial charge in [-0.2, -0.15) is 0 Å². The van der Waals surface area contributed by atoms with Gasteiger partial charge in [0.1, 0.15) is 0 Å². The van der Waals surface area contributed by atoms with Crippen LogP contribution >= 0.6 is 0 Å². The quantitative estimate of drug-likeness (QED) is 0.786. The molecule has 5 nitrogen and oxygen atoms in total. The van der Waals surface area contributed by atoms with Gasteiger partial charge in [-0.25, -0.2) is 4.79 Å². The third-order valence-corrected chi connectivity index (χ3v) is 2.88. The second kappa shape index (κ2) is 7.61. The third-order valence-electron chi connectivity index (χ3n) is 2.88. The molecule has 1 rings (SSSR count). The lowest BCUT2D eigenvalue weighted by atomic mass is 10.2. The molecule has 1 amide bonds. The average Bonchev–Trinajstić information content (AvgIpc) is 2.88. The van der Waals surface area contributed by atoms with Crippen LogP contribution in [0.15, 0.2) is 16.5 Å². The molecule has 0 fully saturated rings. The van der Waals surface area contributed by atoms with Crippen molar-refractivity contribution in [3.05, 3.63) is 23.7 Å².